The summed E-state index contributed by atoms with van der Waals surface area (Å²) in [5.74, 6) is -0.338. The van der Waals surface area contributed by atoms with Crippen molar-refractivity contribution >= 4 is 11.6 Å². The lowest BCUT2D eigenvalue weighted by atomic mass is 9.82. The van der Waals surface area contributed by atoms with E-state index in [9.17, 15) is 9.50 Å². The molecule has 1 atom stereocenters. The Morgan fingerprint density at radius 2 is 2.31 bits per heavy atom. The molecule has 0 bridgehead atoms. The summed E-state index contributed by atoms with van der Waals surface area (Å²) in [7, 11) is 0. The fraction of sp³-hybridized carbons (Fsp3) is 0.500. The van der Waals surface area contributed by atoms with Crippen molar-refractivity contribution in [2.45, 2.75) is 12.8 Å². The summed E-state index contributed by atoms with van der Waals surface area (Å²) in [6.45, 7) is 1.28. The van der Waals surface area contributed by atoms with Gasteiger partial charge in [-0.25, -0.2) is 4.39 Å². The summed E-state index contributed by atoms with van der Waals surface area (Å²) in [6.07, 6.45) is 1.44. The van der Waals surface area contributed by atoms with Gasteiger partial charge >= 0.3 is 0 Å². The molecule has 16 heavy (non-hydrogen) atoms. The SMILES string of the molecule is OCC1(Cc2ccc(F)cc2Cl)CCOC1. The van der Waals surface area contributed by atoms with Crippen molar-refractivity contribution in [2.75, 3.05) is 19.8 Å². The van der Waals surface area contributed by atoms with Gasteiger partial charge in [-0.1, -0.05) is 17.7 Å². The predicted molar refractivity (Wildman–Crippen MR) is 60.1 cm³/mol. The molecular weight excluding hydrogens is 231 g/mol. The normalized spacial score (nSPS) is 24.9. The van der Waals surface area contributed by atoms with Gasteiger partial charge in [0.2, 0.25) is 0 Å². The second kappa shape index (κ2) is 4.70. The summed E-state index contributed by atoms with van der Waals surface area (Å²) in [5, 5.41) is 9.84. The van der Waals surface area contributed by atoms with E-state index in [1.165, 1.54) is 12.1 Å². The van der Waals surface area contributed by atoms with Crippen molar-refractivity contribution in [3.63, 3.8) is 0 Å². The zero-order valence-electron chi connectivity index (χ0n) is 8.88. The average Bonchev–Trinajstić information content (AvgIpc) is 2.72. The van der Waals surface area contributed by atoms with Gasteiger partial charge in [0.25, 0.3) is 0 Å². The van der Waals surface area contributed by atoms with E-state index in [2.05, 4.69) is 0 Å². The van der Waals surface area contributed by atoms with Crippen LogP contribution in [0.1, 0.15) is 12.0 Å². The number of rotatable bonds is 3. The Labute approximate surface area is 99.0 Å². The number of hydrogen-bond acceptors (Lipinski definition) is 2. The summed E-state index contributed by atoms with van der Waals surface area (Å²) < 4.78 is 18.2. The summed E-state index contributed by atoms with van der Waals surface area (Å²) >= 11 is 5.96. The van der Waals surface area contributed by atoms with E-state index < -0.39 is 0 Å². The first kappa shape index (κ1) is 11.8. The van der Waals surface area contributed by atoms with E-state index in [0.717, 1.165) is 12.0 Å². The number of ether oxygens (including phenoxy) is 1. The summed E-state index contributed by atoms with van der Waals surface area (Å²) in [5.41, 5.74) is 0.615. The number of aliphatic hydroxyl groups excluding tert-OH is 1. The van der Waals surface area contributed by atoms with Crippen LogP contribution >= 0.6 is 11.6 Å². The third kappa shape index (κ3) is 2.37. The van der Waals surface area contributed by atoms with Gasteiger partial charge in [-0.15, -0.1) is 0 Å². The lowest BCUT2D eigenvalue weighted by Gasteiger charge is -2.25. The Morgan fingerprint density at radius 3 is 2.88 bits per heavy atom. The number of benzene rings is 1. The maximum atomic E-state index is 12.9. The summed E-state index contributed by atoms with van der Waals surface area (Å²) in [6, 6.07) is 4.37. The van der Waals surface area contributed by atoms with E-state index in [4.69, 9.17) is 16.3 Å². The Balaban J connectivity index is 2.19. The van der Waals surface area contributed by atoms with Gasteiger partial charge in [0.1, 0.15) is 5.82 Å². The van der Waals surface area contributed by atoms with Crippen LogP contribution in [0, 0.1) is 11.2 Å². The molecule has 0 spiro atoms. The Kier molecular flexibility index (Phi) is 3.47. The van der Waals surface area contributed by atoms with E-state index >= 15 is 0 Å². The first-order valence-corrected chi connectivity index (χ1v) is 5.66. The smallest absolute Gasteiger partial charge is 0.124 e. The molecule has 0 aromatic heterocycles. The molecule has 88 valence electrons. The zero-order chi connectivity index (χ0) is 11.6. The fourth-order valence-electron chi connectivity index (χ4n) is 2.04. The number of aliphatic hydroxyl groups is 1. The quantitative estimate of drug-likeness (QED) is 0.885. The third-order valence-corrected chi connectivity index (χ3v) is 3.45. The molecule has 1 fully saturated rings. The van der Waals surface area contributed by atoms with E-state index in [0.29, 0.717) is 24.7 Å². The Morgan fingerprint density at radius 1 is 1.50 bits per heavy atom. The second-order valence-electron chi connectivity index (χ2n) is 4.37. The molecule has 1 saturated heterocycles. The molecule has 0 saturated carbocycles. The van der Waals surface area contributed by atoms with Crippen LogP contribution in [0.15, 0.2) is 18.2 Å². The molecule has 1 N–H and O–H groups in total. The first-order chi connectivity index (χ1) is 7.65. The predicted octanol–water partition coefficient (Wildman–Crippen LogP) is 2.42. The molecule has 4 heteroatoms. The monoisotopic (exact) mass is 244 g/mol. The van der Waals surface area contributed by atoms with Crippen LogP contribution < -0.4 is 0 Å². The first-order valence-electron chi connectivity index (χ1n) is 5.28. The van der Waals surface area contributed by atoms with Crippen molar-refractivity contribution in [2.24, 2.45) is 5.41 Å². The standard InChI is InChI=1S/C12H14ClFO2/c13-11-5-10(14)2-1-9(11)6-12(7-15)3-4-16-8-12/h1-2,5,15H,3-4,6-8H2. The minimum Gasteiger partial charge on any atom is -0.396 e. The molecule has 1 aliphatic rings. The molecule has 2 nitrogen and oxygen atoms in total. The van der Waals surface area contributed by atoms with Crippen molar-refractivity contribution in [3.05, 3.63) is 34.6 Å². The van der Waals surface area contributed by atoms with Gasteiger partial charge in [0, 0.05) is 17.0 Å². The van der Waals surface area contributed by atoms with Crippen LogP contribution in [0.4, 0.5) is 4.39 Å². The van der Waals surface area contributed by atoms with Crippen LogP contribution in [-0.4, -0.2) is 24.9 Å². The number of hydrogen-bond donors (Lipinski definition) is 1. The fourth-order valence-corrected chi connectivity index (χ4v) is 2.27. The minimum absolute atomic E-state index is 0.0701. The lowest BCUT2D eigenvalue weighted by Crippen LogP contribution is -2.28. The second-order valence-corrected chi connectivity index (χ2v) is 4.78. The highest BCUT2D eigenvalue weighted by Gasteiger charge is 2.34. The number of halogens is 2. The minimum atomic E-state index is -0.338. The maximum Gasteiger partial charge on any atom is 0.124 e. The zero-order valence-corrected chi connectivity index (χ0v) is 9.63. The van der Waals surface area contributed by atoms with Crippen molar-refractivity contribution in [1.29, 1.82) is 0 Å². The molecule has 2 rings (SSSR count). The van der Waals surface area contributed by atoms with Crippen LogP contribution in [0.25, 0.3) is 0 Å². The van der Waals surface area contributed by atoms with Crippen molar-refractivity contribution in [1.82, 2.24) is 0 Å². The van der Waals surface area contributed by atoms with Crippen molar-refractivity contribution in [3.8, 4) is 0 Å². The molecule has 0 aliphatic carbocycles. The van der Waals surface area contributed by atoms with Crippen LogP contribution in [0.3, 0.4) is 0 Å². The molecule has 1 unspecified atom stereocenters. The highest BCUT2D eigenvalue weighted by molar-refractivity contribution is 6.31. The largest absolute Gasteiger partial charge is 0.396 e. The van der Waals surface area contributed by atoms with Gasteiger partial charge in [-0.2, -0.15) is 0 Å². The molecule has 1 aromatic carbocycles. The topological polar surface area (TPSA) is 29.5 Å². The van der Waals surface area contributed by atoms with E-state index in [1.807, 2.05) is 0 Å². The molecule has 0 radical (unpaired) electrons. The van der Waals surface area contributed by atoms with Crippen LogP contribution in [0.5, 0.6) is 0 Å². The lowest BCUT2D eigenvalue weighted by molar-refractivity contribution is 0.0935. The third-order valence-electron chi connectivity index (χ3n) is 3.10. The van der Waals surface area contributed by atoms with Crippen LogP contribution in [-0.2, 0) is 11.2 Å². The van der Waals surface area contributed by atoms with E-state index in [-0.39, 0.29) is 17.8 Å². The molecular formula is C12H14ClFO2. The Bertz CT molecular complexity index is 375. The van der Waals surface area contributed by atoms with Crippen molar-refractivity contribution < 1.29 is 14.2 Å². The summed E-state index contributed by atoms with van der Waals surface area (Å²) in [4.78, 5) is 0. The van der Waals surface area contributed by atoms with Gasteiger partial charge in [-0.3, -0.25) is 0 Å². The maximum absolute atomic E-state index is 12.9. The average molecular weight is 245 g/mol. The van der Waals surface area contributed by atoms with Gasteiger partial charge in [0.05, 0.1) is 13.2 Å². The molecule has 1 aromatic rings. The Hall–Kier alpha value is -0.640. The highest BCUT2D eigenvalue weighted by atomic mass is 35.5. The van der Waals surface area contributed by atoms with Gasteiger partial charge < -0.3 is 9.84 Å². The van der Waals surface area contributed by atoms with Gasteiger partial charge in [0.15, 0.2) is 0 Å². The highest BCUT2D eigenvalue weighted by Crippen LogP contribution is 2.34. The van der Waals surface area contributed by atoms with E-state index in [1.54, 1.807) is 6.07 Å². The molecule has 1 heterocycles. The molecule has 1 aliphatic heterocycles. The van der Waals surface area contributed by atoms with Crippen LogP contribution in [0.2, 0.25) is 5.02 Å². The molecule has 0 amide bonds. The van der Waals surface area contributed by atoms with Gasteiger partial charge in [-0.05, 0) is 30.5 Å².